The maximum Gasteiger partial charge on any atom is 0.268 e. The van der Waals surface area contributed by atoms with Crippen molar-refractivity contribution in [3.63, 3.8) is 0 Å². The van der Waals surface area contributed by atoms with Crippen molar-refractivity contribution in [2.45, 2.75) is 12.5 Å². The summed E-state index contributed by atoms with van der Waals surface area (Å²) < 4.78 is 7.10. The van der Waals surface area contributed by atoms with Crippen molar-refractivity contribution in [3.8, 4) is 0 Å². The Morgan fingerprint density at radius 3 is 3.12 bits per heavy atom. The number of aryl methyl sites for hydroxylation is 1. The molecule has 1 aliphatic heterocycles. The second-order valence-electron chi connectivity index (χ2n) is 6.09. The molecule has 1 fully saturated rings. The summed E-state index contributed by atoms with van der Waals surface area (Å²) >= 11 is 0. The molecule has 3 rings (SSSR count). The first-order valence-electron chi connectivity index (χ1n) is 8.43. The highest BCUT2D eigenvalue weighted by Crippen LogP contribution is 2.17. The van der Waals surface area contributed by atoms with Crippen LogP contribution in [-0.4, -0.2) is 53.0 Å². The van der Waals surface area contributed by atoms with Gasteiger partial charge >= 0.3 is 0 Å². The molecule has 3 N–H and O–H groups in total. The van der Waals surface area contributed by atoms with Crippen molar-refractivity contribution in [2.24, 2.45) is 12.8 Å². The molecule has 0 aromatic carbocycles. The average molecular weight is 358 g/mol. The standard InChI is InChI=1S/C17H22N6O3/c1-22-15(24)9-12(10-21-22)23-7-8-26-13(11-23)4-6-20-17-14(16(18)25)3-2-5-19-17/h2-3,5,9-10,13H,4,6-8,11H2,1H3,(H2,18,25)(H,19,20). The van der Waals surface area contributed by atoms with Gasteiger partial charge in [-0.25, -0.2) is 9.67 Å². The van der Waals surface area contributed by atoms with Crippen LogP contribution >= 0.6 is 0 Å². The number of amides is 1. The molecule has 138 valence electrons. The van der Waals surface area contributed by atoms with E-state index in [0.717, 1.165) is 12.1 Å². The molecule has 1 unspecified atom stereocenters. The van der Waals surface area contributed by atoms with Gasteiger partial charge in [-0.05, 0) is 18.6 Å². The van der Waals surface area contributed by atoms with Crippen molar-refractivity contribution < 1.29 is 9.53 Å². The SMILES string of the molecule is Cn1ncc(N2CCOC(CCNc3ncccc3C(N)=O)C2)cc1=O. The van der Waals surface area contributed by atoms with Crippen LogP contribution in [0.4, 0.5) is 11.5 Å². The van der Waals surface area contributed by atoms with Gasteiger partial charge in [0.25, 0.3) is 11.5 Å². The van der Waals surface area contributed by atoms with Crippen LogP contribution in [0.1, 0.15) is 16.8 Å². The van der Waals surface area contributed by atoms with Crippen LogP contribution in [0.5, 0.6) is 0 Å². The Bertz CT molecular complexity index is 837. The summed E-state index contributed by atoms with van der Waals surface area (Å²) in [4.78, 5) is 29.4. The Labute approximate surface area is 150 Å². The van der Waals surface area contributed by atoms with Gasteiger partial charge < -0.3 is 20.7 Å². The highest BCUT2D eigenvalue weighted by Gasteiger charge is 2.21. The third-order valence-corrected chi connectivity index (χ3v) is 4.29. The summed E-state index contributed by atoms with van der Waals surface area (Å²) in [5.41, 5.74) is 6.38. The van der Waals surface area contributed by atoms with E-state index in [1.807, 2.05) is 0 Å². The Kier molecular flexibility index (Phi) is 5.47. The van der Waals surface area contributed by atoms with E-state index in [4.69, 9.17) is 10.5 Å². The average Bonchev–Trinajstić information content (AvgIpc) is 2.64. The van der Waals surface area contributed by atoms with Gasteiger partial charge in [-0.15, -0.1) is 0 Å². The molecule has 1 aliphatic rings. The number of ether oxygens (including phenoxy) is 1. The van der Waals surface area contributed by atoms with Crippen molar-refractivity contribution in [2.75, 3.05) is 36.5 Å². The number of morpholine rings is 1. The number of nitrogens with two attached hydrogens (primary N) is 1. The minimum absolute atomic E-state index is 0.000971. The lowest BCUT2D eigenvalue weighted by Crippen LogP contribution is -2.43. The van der Waals surface area contributed by atoms with Crippen LogP contribution in [0, 0.1) is 0 Å². The number of primary amides is 1. The maximum absolute atomic E-state index is 11.8. The molecule has 0 saturated carbocycles. The third kappa shape index (κ3) is 4.17. The summed E-state index contributed by atoms with van der Waals surface area (Å²) in [6, 6.07) is 4.89. The van der Waals surface area contributed by atoms with E-state index in [1.165, 1.54) is 4.68 Å². The molecule has 1 amide bonds. The number of hydrogen-bond donors (Lipinski definition) is 2. The van der Waals surface area contributed by atoms with E-state index in [9.17, 15) is 9.59 Å². The van der Waals surface area contributed by atoms with Crippen molar-refractivity contribution in [1.82, 2.24) is 14.8 Å². The van der Waals surface area contributed by atoms with Crippen LogP contribution in [0.15, 0.2) is 35.4 Å². The number of nitrogens with one attached hydrogen (secondary N) is 1. The molecule has 0 spiro atoms. The minimum Gasteiger partial charge on any atom is -0.374 e. The number of nitrogens with zero attached hydrogens (tertiary/aromatic N) is 4. The molecular formula is C17H22N6O3. The van der Waals surface area contributed by atoms with E-state index < -0.39 is 5.91 Å². The van der Waals surface area contributed by atoms with Gasteiger partial charge in [0.1, 0.15) is 5.82 Å². The fourth-order valence-corrected chi connectivity index (χ4v) is 2.86. The van der Waals surface area contributed by atoms with Gasteiger partial charge in [-0.2, -0.15) is 5.10 Å². The van der Waals surface area contributed by atoms with E-state index in [0.29, 0.717) is 37.6 Å². The van der Waals surface area contributed by atoms with Crippen molar-refractivity contribution in [1.29, 1.82) is 0 Å². The van der Waals surface area contributed by atoms with Crippen molar-refractivity contribution >= 4 is 17.4 Å². The first-order valence-corrected chi connectivity index (χ1v) is 8.43. The summed E-state index contributed by atoms with van der Waals surface area (Å²) in [6.07, 6.45) is 4.02. The molecule has 0 bridgehead atoms. The molecule has 2 aromatic heterocycles. The number of carbonyl (C=O) groups is 1. The topological polar surface area (TPSA) is 115 Å². The fourth-order valence-electron chi connectivity index (χ4n) is 2.86. The summed E-state index contributed by atoms with van der Waals surface area (Å²) in [6.45, 7) is 2.55. The lowest BCUT2D eigenvalue weighted by Gasteiger charge is -2.34. The fraction of sp³-hybridized carbons (Fsp3) is 0.412. The number of pyridine rings is 1. The summed E-state index contributed by atoms with van der Waals surface area (Å²) in [5.74, 6) is -0.0396. The van der Waals surface area contributed by atoms with Crippen LogP contribution < -0.4 is 21.5 Å². The van der Waals surface area contributed by atoms with Gasteiger partial charge in [0.05, 0.1) is 30.2 Å². The van der Waals surface area contributed by atoms with E-state index in [1.54, 1.807) is 37.6 Å². The molecule has 0 aliphatic carbocycles. The minimum atomic E-state index is -0.515. The Hall–Kier alpha value is -2.94. The predicted octanol–water partition coefficient (Wildman–Crippen LogP) is -0.0184. The number of hydrogen-bond acceptors (Lipinski definition) is 7. The smallest absolute Gasteiger partial charge is 0.268 e. The molecule has 1 saturated heterocycles. The van der Waals surface area contributed by atoms with Gasteiger partial charge in [-0.3, -0.25) is 9.59 Å². The van der Waals surface area contributed by atoms with Crippen LogP contribution in [0.3, 0.4) is 0 Å². The molecule has 9 heteroatoms. The van der Waals surface area contributed by atoms with Gasteiger partial charge in [-0.1, -0.05) is 0 Å². The van der Waals surface area contributed by atoms with Crippen LogP contribution in [0.2, 0.25) is 0 Å². The lowest BCUT2D eigenvalue weighted by molar-refractivity contribution is 0.0374. The zero-order chi connectivity index (χ0) is 18.5. The second kappa shape index (κ2) is 7.96. The van der Waals surface area contributed by atoms with Gasteiger partial charge in [0.2, 0.25) is 0 Å². The Morgan fingerprint density at radius 2 is 2.35 bits per heavy atom. The first-order chi connectivity index (χ1) is 12.5. The number of carbonyl (C=O) groups excluding carboxylic acids is 1. The highest BCUT2D eigenvalue weighted by molar-refractivity contribution is 5.97. The van der Waals surface area contributed by atoms with Crippen LogP contribution in [0.25, 0.3) is 0 Å². The Balaban J connectivity index is 1.57. The number of anilines is 2. The van der Waals surface area contributed by atoms with E-state index in [2.05, 4.69) is 20.3 Å². The zero-order valence-corrected chi connectivity index (χ0v) is 14.6. The van der Waals surface area contributed by atoms with Crippen molar-refractivity contribution in [3.05, 3.63) is 46.5 Å². The Morgan fingerprint density at radius 1 is 1.50 bits per heavy atom. The molecule has 9 nitrogen and oxygen atoms in total. The quantitative estimate of drug-likeness (QED) is 0.746. The summed E-state index contributed by atoms with van der Waals surface area (Å²) in [5, 5.41) is 7.20. The molecule has 3 heterocycles. The van der Waals surface area contributed by atoms with Gasteiger partial charge in [0, 0.05) is 38.9 Å². The van der Waals surface area contributed by atoms with E-state index >= 15 is 0 Å². The number of aromatic nitrogens is 3. The second-order valence-corrected chi connectivity index (χ2v) is 6.09. The molecule has 2 aromatic rings. The lowest BCUT2D eigenvalue weighted by atomic mass is 10.2. The highest BCUT2D eigenvalue weighted by atomic mass is 16.5. The normalized spacial score (nSPS) is 17.1. The van der Waals surface area contributed by atoms with Gasteiger partial charge in [0.15, 0.2) is 0 Å². The molecule has 1 atom stereocenters. The third-order valence-electron chi connectivity index (χ3n) is 4.29. The van der Waals surface area contributed by atoms with Crippen LogP contribution in [-0.2, 0) is 11.8 Å². The monoisotopic (exact) mass is 358 g/mol. The maximum atomic E-state index is 11.8. The predicted molar refractivity (Wildman–Crippen MR) is 97.3 cm³/mol. The molecular weight excluding hydrogens is 336 g/mol. The first kappa shape index (κ1) is 17.9. The largest absolute Gasteiger partial charge is 0.374 e. The molecule has 26 heavy (non-hydrogen) atoms. The zero-order valence-electron chi connectivity index (χ0n) is 14.6. The molecule has 0 radical (unpaired) electrons. The summed E-state index contributed by atoms with van der Waals surface area (Å²) in [7, 11) is 1.62. The number of rotatable bonds is 6. The van der Waals surface area contributed by atoms with E-state index in [-0.39, 0.29) is 11.7 Å².